The fourth-order valence-electron chi connectivity index (χ4n) is 5.45. The van der Waals surface area contributed by atoms with Gasteiger partial charge in [-0.3, -0.25) is 4.79 Å². The number of benzene rings is 4. The van der Waals surface area contributed by atoms with E-state index < -0.39 is 12.0 Å². The molecule has 4 aromatic rings. The van der Waals surface area contributed by atoms with Gasteiger partial charge in [-0.1, -0.05) is 84.9 Å². The number of hydrogen-bond donors (Lipinski definition) is 1. The SMILES string of the molecule is COc1cc(C[C@H]2COC(=O)[C@@H]2[C@H](O)c2ccc(Cc3ccccc3)c(OC)c2)ccc1Cc1ccccc1. The van der Waals surface area contributed by atoms with Gasteiger partial charge >= 0.3 is 5.97 Å². The maximum Gasteiger partial charge on any atom is 0.312 e. The van der Waals surface area contributed by atoms with Crippen LogP contribution in [0.4, 0.5) is 0 Å². The van der Waals surface area contributed by atoms with E-state index in [9.17, 15) is 9.90 Å². The molecule has 200 valence electrons. The molecule has 0 unspecified atom stereocenters. The highest BCUT2D eigenvalue weighted by atomic mass is 16.5. The van der Waals surface area contributed by atoms with Gasteiger partial charge in [0, 0.05) is 18.8 Å². The predicted molar refractivity (Wildman–Crippen MR) is 151 cm³/mol. The zero-order chi connectivity index (χ0) is 27.2. The predicted octanol–water partition coefficient (Wildman–Crippen LogP) is 5.95. The zero-order valence-corrected chi connectivity index (χ0v) is 22.4. The van der Waals surface area contributed by atoms with Crippen LogP contribution in [-0.4, -0.2) is 31.9 Å². The third-order valence-corrected chi connectivity index (χ3v) is 7.54. The monoisotopic (exact) mass is 522 g/mol. The first-order valence-electron chi connectivity index (χ1n) is 13.3. The van der Waals surface area contributed by atoms with E-state index >= 15 is 0 Å². The van der Waals surface area contributed by atoms with Gasteiger partial charge in [0.1, 0.15) is 11.5 Å². The first-order chi connectivity index (χ1) is 19.1. The number of rotatable bonds is 10. The summed E-state index contributed by atoms with van der Waals surface area (Å²) in [5.74, 6) is 0.318. The van der Waals surface area contributed by atoms with Gasteiger partial charge in [-0.15, -0.1) is 0 Å². The standard InChI is InChI=1S/C34H34O5/c1-37-30-20-25(13-14-26(30)17-23-9-5-3-6-10-23)19-29-22-39-34(36)32(29)33(35)28-16-15-27(31(21-28)38-2)18-24-11-7-4-8-12-24/h3-16,20-21,29,32-33,35H,17-19,22H2,1-2H3/t29-,32-,33+/m0/s1. The van der Waals surface area contributed by atoms with Gasteiger partial charge in [-0.25, -0.2) is 0 Å². The first-order valence-corrected chi connectivity index (χ1v) is 13.3. The normalized spacial score (nSPS) is 17.5. The van der Waals surface area contributed by atoms with E-state index in [0.717, 1.165) is 35.3 Å². The summed E-state index contributed by atoms with van der Waals surface area (Å²) in [6, 6.07) is 32.3. The number of hydrogen-bond acceptors (Lipinski definition) is 5. The van der Waals surface area contributed by atoms with E-state index in [1.807, 2.05) is 60.7 Å². The molecule has 3 atom stereocenters. The van der Waals surface area contributed by atoms with E-state index in [0.29, 0.717) is 17.7 Å². The molecule has 4 aromatic carbocycles. The minimum Gasteiger partial charge on any atom is -0.496 e. The summed E-state index contributed by atoms with van der Waals surface area (Å²) >= 11 is 0. The number of methoxy groups -OCH3 is 2. The Hall–Kier alpha value is -4.09. The highest BCUT2D eigenvalue weighted by Gasteiger charge is 2.42. The Morgan fingerprint density at radius 1 is 0.769 bits per heavy atom. The lowest BCUT2D eigenvalue weighted by molar-refractivity contribution is -0.144. The van der Waals surface area contributed by atoms with E-state index in [1.165, 1.54) is 11.1 Å². The highest BCUT2D eigenvalue weighted by molar-refractivity contribution is 5.76. The Labute approximate surface area is 230 Å². The molecular weight excluding hydrogens is 488 g/mol. The van der Waals surface area contributed by atoms with Crippen LogP contribution in [0.3, 0.4) is 0 Å². The van der Waals surface area contributed by atoms with Crippen LogP contribution in [-0.2, 0) is 28.8 Å². The highest BCUT2D eigenvalue weighted by Crippen LogP contribution is 2.38. The van der Waals surface area contributed by atoms with Crippen LogP contribution >= 0.6 is 0 Å². The molecule has 5 heteroatoms. The lowest BCUT2D eigenvalue weighted by Crippen LogP contribution is -2.25. The van der Waals surface area contributed by atoms with Gasteiger partial charge in [-0.2, -0.15) is 0 Å². The molecule has 1 N–H and O–H groups in total. The van der Waals surface area contributed by atoms with Crippen molar-refractivity contribution in [3.05, 3.63) is 130 Å². The molecule has 1 aliphatic heterocycles. The van der Waals surface area contributed by atoms with Gasteiger partial charge < -0.3 is 19.3 Å². The Morgan fingerprint density at radius 3 is 1.92 bits per heavy atom. The maximum atomic E-state index is 12.8. The van der Waals surface area contributed by atoms with Crippen molar-refractivity contribution in [3.8, 4) is 11.5 Å². The first kappa shape index (κ1) is 26.5. The molecule has 1 saturated heterocycles. The third-order valence-electron chi connectivity index (χ3n) is 7.54. The average Bonchev–Trinajstić information content (AvgIpc) is 3.34. The number of carbonyl (C=O) groups is 1. The number of cyclic esters (lactones) is 1. The average molecular weight is 523 g/mol. The molecule has 5 rings (SSSR count). The molecular formula is C34H34O5. The van der Waals surface area contributed by atoms with Crippen LogP contribution in [0.1, 0.15) is 39.5 Å². The van der Waals surface area contributed by atoms with E-state index in [2.05, 4.69) is 36.4 Å². The van der Waals surface area contributed by atoms with Crippen molar-refractivity contribution in [2.75, 3.05) is 20.8 Å². The molecule has 0 aromatic heterocycles. The molecule has 1 heterocycles. The van der Waals surface area contributed by atoms with Crippen LogP contribution in [0, 0.1) is 11.8 Å². The van der Waals surface area contributed by atoms with Crippen LogP contribution in [0.25, 0.3) is 0 Å². The largest absolute Gasteiger partial charge is 0.496 e. The number of ether oxygens (including phenoxy) is 3. The van der Waals surface area contributed by atoms with Crippen molar-refractivity contribution < 1.29 is 24.1 Å². The number of aliphatic hydroxyl groups excluding tert-OH is 1. The molecule has 5 nitrogen and oxygen atoms in total. The van der Waals surface area contributed by atoms with Crippen molar-refractivity contribution in [1.82, 2.24) is 0 Å². The summed E-state index contributed by atoms with van der Waals surface area (Å²) in [4.78, 5) is 12.8. The molecule has 1 fully saturated rings. The Bertz CT molecular complexity index is 1400. The summed E-state index contributed by atoms with van der Waals surface area (Å²) in [7, 11) is 3.30. The molecule has 0 saturated carbocycles. The number of aliphatic hydroxyl groups is 1. The van der Waals surface area contributed by atoms with Crippen LogP contribution < -0.4 is 9.47 Å². The van der Waals surface area contributed by atoms with E-state index in [4.69, 9.17) is 14.2 Å². The molecule has 0 aliphatic carbocycles. The quantitative estimate of drug-likeness (QED) is 0.261. The maximum absolute atomic E-state index is 12.8. The lowest BCUT2D eigenvalue weighted by Gasteiger charge is -2.23. The van der Waals surface area contributed by atoms with Crippen molar-refractivity contribution in [2.45, 2.75) is 25.4 Å². The summed E-state index contributed by atoms with van der Waals surface area (Å²) in [6.45, 7) is 0.276. The Kier molecular flexibility index (Phi) is 8.28. The lowest BCUT2D eigenvalue weighted by atomic mass is 9.82. The fraction of sp³-hybridized carbons (Fsp3) is 0.265. The van der Waals surface area contributed by atoms with Crippen LogP contribution in [0.2, 0.25) is 0 Å². The van der Waals surface area contributed by atoms with Crippen LogP contribution in [0.5, 0.6) is 11.5 Å². The second-order valence-corrected chi connectivity index (χ2v) is 10.1. The summed E-state index contributed by atoms with van der Waals surface area (Å²) in [5.41, 5.74) is 6.20. The summed E-state index contributed by atoms with van der Waals surface area (Å²) in [6.07, 6.45) is 1.09. The minimum atomic E-state index is -0.996. The minimum absolute atomic E-state index is 0.160. The van der Waals surface area contributed by atoms with E-state index in [1.54, 1.807) is 14.2 Å². The molecule has 1 aliphatic rings. The number of carbonyl (C=O) groups excluding carboxylic acids is 1. The molecule has 0 bridgehead atoms. The van der Waals surface area contributed by atoms with Gasteiger partial charge in [0.05, 0.1) is 32.8 Å². The summed E-state index contributed by atoms with van der Waals surface area (Å²) in [5, 5.41) is 11.4. The Morgan fingerprint density at radius 2 is 1.33 bits per heavy atom. The fourth-order valence-corrected chi connectivity index (χ4v) is 5.45. The molecule has 0 amide bonds. The molecule has 0 spiro atoms. The van der Waals surface area contributed by atoms with Crippen LogP contribution in [0.15, 0.2) is 97.1 Å². The third kappa shape index (κ3) is 6.15. The van der Waals surface area contributed by atoms with Gasteiger partial charge in [0.25, 0.3) is 0 Å². The van der Waals surface area contributed by atoms with E-state index in [-0.39, 0.29) is 18.5 Å². The van der Waals surface area contributed by atoms with Gasteiger partial charge in [0.2, 0.25) is 0 Å². The van der Waals surface area contributed by atoms with Gasteiger partial charge in [0.15, 0.2) is 0 Å². The second kappa shape index (κ2) is 12.2. The molecule has 39 heavy (non-hydrogen) atoms. The smallest absolute Gasteiger partial charge is 0.312 e. The van der Waals surface area contributed by atoms with Gasteiger partial charge in [-0.05, 0) is 51.9 Å². The van der Waals surface area contributed by atoms with Crippen molar-refractivity contribution >= 4 is 5.97 Å². The molecule has 0 radical (unpaired) electrons. The second-order valence-electron chi connectivity index (χ2n) is 10.1. The summed E-state index contributed by atoms with van der Waals surface area (Å²) < 4.78 is 16.8. The number of esters is 1. The van der Waals surface area contributed by atoms with Crippen molar-refractivity contribution in [1.29, 1.82) is 0 Å². The van der Waals surface area contributed by atoms with Crippen molar-refractivity contribution in [3.63, 3.8) is 0 Å². The topological polar surface area (TPSA) is 65.0 Å². The van der Waals surface area contributed by atoms with Crippen molar-refractivity contribution in [2.24, 2.45) is 11.8 Å². The Balaban J connectivity index is 1.33. The zero-order valence-electron chi connectivity index (χ0n) is 22.4.